The number of anilines is 1. The van der Waals surface area contributed by atoms with E-state index >= 15 is 0 Å². The van der Waals surface area contributed by atoms with Gasteiger partial charge in [0.1, 0.15) is 11.6 Å². The lowest BCUT2D eigenvalue weighted by Gasteiger charge is -2.14. The van der Waals surface area contributed by atoms with Gasteiger partial charge < -0.3 is 15.1 Å². The van der Waals surface area contributed by atoms with Crippen molar-refractivity contribution in [3.05, 3.63) is 47.0 Å². The zero-order valence-corrected chi connectivity index (χ0v) is 12.8. The lowest BCUT2D eigenvalue weighted by molar-refractivity contribution is 0.0938. The molecule has 2 aromatic rings. The molecular formula is C15H18ClN3O2. The monoisotopic (exact) mass is 307 g/mol. The average Bonchev–Trinajstić information content (AvgIpc) is 2.99. The topological polar surface area (TPSA) is 67.2 Å². The summed E-state index contributed by atoms with van der Waals surface area (Å²) in [5.41, 5.74) is 0.417. The largest absolute Gasteiger partial charge is 0.469 e. The molecule has 0 spiro atoms. The summed E-state index contributed by atoms with van der Waals surface area (Å²) >= 11 is 6.02. The Morgan fingerprint density at radius 2 is 2.33 bits per heavy atom. The van der Waals surface area contributed by atoms with E-state index in [0.29, 0.717) is 16.4 Å². The van der Waals surface area contributed by atoms with Crippen LogP contribution in [0.2, 0.25) is 5.02 Å². The molecule has 0 saturated carbocycles. The van der Waals surface area contributed by atoms with Gasteiger partial charge in [0.15, 0.2) is 0 Å². The number of halogens is 1. The molecule has 0 saturated heterocycles. The highest BCUT2D eigenvalue weighted by Crippen LogP contribution is 2.18. The molecule has 2 aromatic heterocycles. The number of hydrogen-bond acceptors (Lipinski definition) is 4. The van der Waals surface area contributed by atoms with Crippen LogP contribution in [-0.4, -0.2) is 24.0 Å². The molecule has 2 rings (SSSR count). The molecule has 0 aliphatic heterocycles. The Bertz CT molecular complexity index is 599. The molecule has 112 valence electrons. The number of nitrogens with zero attached hydrogens (tertiary/aromatic N) is 1. The summed E-state index contributed by atoms with van der Waals surface area (Å²) in [6, 6.07) is 5.43. The summed E-state index contributed by atoms with van der Waals surface area (Å²) in [6.45, 7) is 1.95. The molecule has 5 nitrogen and oxygen atoms in total. The third-order valence-corrected chi connectivity index (χ3v) is 3.44. The summed E-state index contributed by atoms with van der Waals surface area (Å²) in [5, 5.41) is 6.15. The van der Waals surface area contributed by atoms with E-state index in [0.717, 1.165) is 18.6 Å². The number of nitrogens with one attached hydrogen (secondary N) is 2. The zero-order chi connectivity index (χ0) is 15.2. The number of aromatic nitrogens is 1. The number of rotatable bonds is 6. The van der Waals surface area contributed by atoms with Crippen LogP contribution in [0.3, 0.4) is 0 Å². The first-order valence-electron chi connectivity index (χ1n) is 6.76. The van der Waals surface area contributed by atoms with Crippen molar-refractivity contribution in [2.75, 3.05) is 12.4 Å². The van der Waals surface area contributed by atoms with Gasteiger partial charge in [-0.25, -0.2) is 4.98 Å². The minimum Gasteiger partial charge on any atom is -0.469 e. The van der Waals surface area contributed by atoms with Gasteiger partial charge in [0.25, 0.3) is 5.91 Å². The smallest absolute Gasteiger partial charge is 0.253 e. The minimum atomic E-state index is -0.203. The fraction of sp³-hybridized carbons (Fsp3) is 0.333. The van der Waals surface area contributed by atoms with Gasteiger partial charge in [-0.1, -0.05) is 11.6 Å². The highest BCUT2D eigenvalue weighted by Gasteiger charge is 2.14. The molecule has 21 heavy (non-hydrogen) atoms. The molecule has 6 heteroatoms. The predicted molar refractivity (Wildman–Crippen MR) is 82.8 cm³/mol. The summed E-state index contributed by atoms with van der Waals surface area (Å²) in [5.74, 6) is 1.31. The minimum absolute atomic E-state index is 0.0184. The standard InChI is InChI=1S/C15H18ClN3O2/c1-10(5-6-11-4-3-7-21-11)19-15(20)12-8-14(17-2)18-9-13(12)16/h3-4,7-10H,5-6H2,1-2H3,(H,17,18)(H,19,20). The number of amides is 1. The van der Waals surface area contributed by atoms with Crippen molar-refractivity contribution in [1.82, 2.24) is 10.3 Å². The lowest BCUT2D eigenvalue weighted by Crippen LogP contribution is -2.33. The maximum atomic E-state index is 12.2. The van der Waals surface area contributed by atoms with Gasteiger partial charge in [0.05, 0.1) is 16.8 Å². The van der Waals surface area contributed by atoms with Crippen molar-refractivity contribution >= 4 is 23.3 Å². The maximum Gasteiger partial charge on any atom is 0.253 e. The van der Waals surface area contributed by atoms with E-state index in [1.165, 1.54) is 6.20 Å². The number of carbonyl (C=O) groups is 1. The van der Waals surface area contributed by atoms with Gasteiger partial charge in [-0.15, -0.1) is 0 Å². The van der Waals surface area contributed by atoms with Crippen LogP contribution in [0, 0.1) is 0 Å². The van der Waals surface area contributed by atoms with Crippen molar-refractivity contribution < 1.29 is 9.21 Å². The van der Waals surface area contributed by atoms with Crippen LogP contribution in [0.1, 0.15) is 29.5 Å². The second-order valence-corrected chi connectivity index (χ2v) is 5.20. The summed E-state index contributed by atoms with van der Waals surface area (Å²) in [4.78, 5) is 16.3. The van der Waals surface area contributed by atoms with Gasteiger partial charge in [-0.3, -0.25) is 4.79 Å². The van der Waals surface area contributed by atoms with E-state index in [1.807, 2.05) is 19.1 Å². The third kappa shape index (κ3) is 4.23. The van der Waals surface area contributed by atoms with Gasteiger partial charge in [0, 0.05) is 25.7 Å². The normalized spacial score (nSPS) is 12.0. The molecule has 1 amide bonds. The molecule has 0 aromatic carbocycles. The number of carbonyl (C=O) groups excluding carboxylic acids is 1. The number of furan rings is 1. The summed E-state index contributed by atoms with van der Waals surface area (Å²) < 4.78 is 5.27. The first kappa shape index (κ1) is 15.4. The molecule has 0 bridgehead atoms. The fourth-order valence-electron chi connectivity index (χ4n) is 1.94. The number of aryl methyl sites for hydroxylation is 1. The first-order valence-corrected chi connectivity index (χ1v) is 7.14. The molecule has 0 fully saturated rings. The van der Waals surface area contributed by atoms with Crippen molar-refractivity contribution in [3.63, 3.8) is 0 Å². The molecule has 0 radical (unpaired) electrons. The second kappa shape index (κ2) is 7.13. The fourth-order valence-corrected chi connectivity index (χ4v) is 2.13. The second-order valence-electron chi connectivity index (χ2n) is 4.79. The van der Waals surface area contributed by atoms with E-state index in [4.69, 9.17) is 16.0 Å². The Balaban J connectivity index is 1.94. The highest BCUT2D eigenvalue weighted by atomic mass is 35.5. The van der Waals surface area contributed by atoms with Crippen LogP contribution in [0.4, 0.5) is 5.82 Å². The Morgan fingerprint density at radius 1 is 1.52 bits per heavy atom. The van der Waals surface area contributed by atoms with Crippen LogP contribution in [0.15, 0.2) is 35.1 Å². The van der Waals surface area contributed by atoms with Crippen LogP contribution in [-0.2, 0) is 6.42 Å². The SMILES string of the molecule is CNc1cc(C(=O)NC(C)CCc2ccco2)c(Cl)cn1. The highest BCUT2D eigenvalue weighted by molar-refractivity contribution is 6.33. The summed E-state index contributed by atoms with van der Waals surface area (Å²) in [6.07, 6.45) is 4.69. The zero-order valence-electron chi connectivity index (χ0n) is 12.0. The molecule has 2 heterocycles. The van der Waals surface area contributed by atoms with E-state index in [2.05, 4.69) is 15.6 Å². The summed E-state index contributed by atoms with van der Waals surface area (Å²) in [7, 11) is 1.74. The molecule has 1 atom stereocenters. The first-order chi connectivity index (χ1) is 10.1. The average molecular weight is 308 g/mol. The van der Waals surface area contributed by atoms with E-state index < -0.39 is 0 Å². The van der Waals surface area contributed by atoms with Crippen molar-refractivity contribution in [2.45, 2.75) is 25.8 Å². The van der Waals surface area contributed by atoms with Crippen LogP contribution < -0.4 is 10.6 Å². The quantitative estimate of drug-likeness (QED) is 0.860. The van der Waals surface area contributed by atoms with E-state index in [1.54, 1.807) is 19.4 Å². The Morgan fingerprint density at radius 3 is 3.00 bits per heavy atom. The predicted octanol–water partition coefficient (Wildman–Crippen LogP) is 3.12. The van der Waals surface area contributed by atoms with Crippen LogP contribution >= 0.6 is 11.6 Å². The van der Waals surface area contributed by atoms with Crippen molar-refractivity contribution in [2.24, 2.45) is 0 Å². The van der Waals surface area contributed by atoms with Crippen molar-refractivity contribution in [3.8, 4) is 0 Å². The molecule has 0 aliphatic carbocycles. The molecule has 2 N–H and O–H groups in total. The van der Waals surface area contributed by atoms with Crippen molar-refractivity contribution in [1.29, 1.82) is 0 Å². The van der Waals surface area contributed by atoms with E-state index in [9.17, 15) is 4.79 Å². The van der Waals surface area contributed by atoms with E-state index in [-0.39, 0.29) is 11.9 Å². The third-order valence-electron chi connectivity index (χ3n) is 3.14. The van der Waals surface area contributed by atoms with Gasteiger partial charge in [0.2, 0.25) is 0 Å². The molecule has 1 unspecified atom stereocenters. The lowest BCUT2D eigenvalue weighted by atomic mass is 10.1. The number of pyridine rings is 1. The van der Waals surface area contributed by atoms with Gasteiger partial charge in [-0.05, 0) is 31.5 Å². The van der Waals surface area contributed by atoms with Gasteiger partial charge >= 0.3 is 0 Å². The number of hydrogen-bond donors (Lipinski definition) is 2. The molecular weight excluding hydrogens is 290 g/mol. The maximum absolute atomic E-state index is 12.2. The van der Waals surface area contributed by atoms with Crippen LogP contribution in [0.25, 0.3) is 0 Å². The Labute approximate surface area is 128 Å². The molecule has 0 aliphatic rings. The Hall–Kier alpha value is -2.01. The van der Waals surface area contributed by atoms with Crippen LogP contribution in [0.5, 0.6) is 0 Å². The Kier molecular flexibility index (Phi) is 5.22. The van der Waals surface area contributed by atoms with Gasteiger partial charge in [-0.2, -0.15) is 0 Å².